The highest BCUT2D eigenvalue weighted by molar-refractivity contribution is 5.77. The molecule has 0 saturated carbocycles. The molecule has 21 N–H and O–H groups in total. The van der Waals surface area contributed by atoms with Gasteiger partial charge in [0, 0.05) is 76.9 Å². The Morgan fingerprint density at radius 2 is 0.724 bits per heavy atom. The molecular formula is C64H120N10O24. The number of nitrogens with two attached hydrogens (primary N) is 3. The molecule has 0 aromatic heterocycles. The van der Waals surface area contributed by atoms with Gasteiger partial charge in [-0.3, -0.25) is 19.2 Å². The number of alkyl carbamates (subject to hydrolysis) is 3. The Morgan fingerprint density at radius 3 is 1.04 bits per heavy atom. The predicted octanol–water partition coefficient (Wildman–Crippen LogP) is -1.48. The summed E-state index contributed by atoms with van der Waals surface area (Å²) >= 11 is 0. The van der Waals surface area contributed by atoms with E-state index in [1.807, 2.05) is 0 Å². The zero-order valence-corrected chi connectivity index (χ0v) is 57.4. The summed E-state index contributed by atoms with van der Waals surface area (Å²) in [6.07, 6.45) is -0.0504. The Labute approximate surface area is 575 Å². The Bertz CT molecular complexity index is 2110. The number of ether oxygens (including phenoxy) is 9. The molecule has 98 heavy (non-hydrogen) atoms. The van der Waals surface area contributed by atoms with Crippen molar-refractivity contribution in [3.63, 3.8) is 0 Å². The summed E-state index contributed by atoms with van der Waals surface area (Å²) in [4.78, 5) is 88.2. The van der Waals surface area contributed by atoms with E-state index < -0.39 is 123 Å². The fourth-order valence-electron chi connectivity index (χ4n) is 11.2. The Kier molecular flexibility index (Phi) is 46.3. The van der Waals surface area contributed by atoms with Gasteiger partial charge in [-0.05, 0) is 96.3 Å². The molecule has 3 aliphatic rings. The van der Waals surface area contributed by atoms with Gasteiger partial charge in [-0.2, -0.15) is 0 Å². The number of aliphatic hydroxyl groups is 8. The van der Waals surface area contributed by atoms with Gasteiger partial charge in [-0.25, -0.2) is 14.4 Å². The molecule has 3 heterocycles. The average molecular weight is 1410 g/mol. The van der Waals surface area contributed by atoms with Gasteiger partial charge in [0.2, 0.25) is 23.6 Å². The molecule has 0 bridgehead atoms. The van der Waals surface area contributed by atoms with Crippen LogP contribution in [0.1, 0.15) is 174 Å². The molecule has 0 spiro atoms. The summed E-state index contributed by atoms with van der Waals surface area (Å²) in [5.41, 5.74) is 16.9. The molecule has 0 aliphatic carbocycles. The highest BCUT2D eigenvalue weighted by Crippen LogP contribution is 2.28. The largest absolute Gasteiger partial charge is 0.450 e. The zero-order valence-electron chi connectivity index (χ0n) is 57.4. The van der Waals surface area contributed by atoms with E-state index in [1.54, 1.807) is 6.92 Å². The third-order valence-corrected chi connectivity index (χ3v) is 17.1. The van der Waals surface area contributed by atoms with Crippen molar-refractivity contribution >= 4 is 41.9 Å². The lowest BCUT2D eigenvalue weighted by atomic mass is 9.83. The second-order valence-electron chi connectivity index (χ2n) is 25.2. The van der Waals surface area contributed by atoms with Crippen LogP contribution in [0.15, 0.2) is 0 Å². The summed E-state index contributed by atoms with van der Waals surface area (Å²) in [5.74, 6) is -0.667. The SMILES string of the molecule is CCC(=O)NC(CCCOC(=O)NCCCCCCNC(=O)CCCOC1OC(CO)CC(O)C1N)(CCCOC(=O)NCCCCCCNC(=O)CCCOC1OC(CO)C(O)C(O)C1N)CCCOC(=O)NCCCCCCNC(=O)CCCOC1OC(CO)C(O)C(O)C1N. The van der Waals surface area contributed by atoms with Crippen LogP contribution < -0.4 is 54.4 Å². The predicted molar refractivity (Wildman–Crippen MR) is 353 cm³/mol. The third-order valence-electron chi connectivity index (χ3n) is 17.1. The van der Waals surface area contributed by atoms with Crippen molar-refractivity contribution in [2.45, 2.75) is 265 Å². The lowest BCUT2D eigenvalue weighted by Crippen LogP contribution is -2.62. The molecule has 14 atom stereocenters. The smallest absolute Gasteiger partial charge is 0.407 e. The summed E-state index contributed by atoms with van der Waals surface area (Å²) in [6.45, 7) is 3.55. The molecule has 3 rings (SSSR count). The van der Waals surface area contributed by atoms with Gasteiger partial charge in [0.15, 0.2) is 18.9 Å². The van der Waals surface area contributed by atoms with Gasteiger partial charge in [-0.15, -0.1) is 0 Å². The van der Waals surface area contributed by atoms with E-state index in [1.165, 1.54) is 0 Å². The first-order valence-corrected chi connectivity index (χ1v) is 35.3. The van der Waals surface area contributed by atoms with Crippen LogP contribution in [-0.4, -0.2) is 273 Å². The summed E-state index contributed by atoms with van der Waals surface area (Å²) in [5, 5.41) is 98.3. The van der Waals surface area contributed by atoms with Gasteiger partial charge >= 0.3 is 18.3 Å². The van der Waals surface area contributed by atoms with Gasteiger partial charge in [0.25, 0.3) is 0 Å². The second kappa shape index (κ2) is 52.0. The maximum Gasteiger partial charge on any atom is 0.407 e. The van der Waals surface area contributed by atoms with Crippen LogP contribution in [0.4, 0.5) is 14.4 Å². The standard InChI is InChI=1S/C64H120N10O24/c1-2-47(79)74-64(24-18-36-93-61(87)71-30-12-6-3-9-27-68-48(80)21-15-33-90-58-51(65)44(78)39-43(40-75)96-58,25-19-37-94-62(88)72-31-13-7-4-10-28-69-49(81)22-16-34-91-59-52(66)56(85)54(83)45(41-76)97-59)26-20-38-95-63(89)73-32-14-8-5-11-29-70-50(82)23-17-35-92-60-53(67)57(86)55(84)46(42-77)98-60/h43-46,51-60,75-78,83-86H,2-42,65-67H2,1H3,(H,68,80)(H,69,81)(H,70,82)(H,71,87)(H,72,88)(H,73,89)(H,74,79). The van der Waals surface area contributed by atoms with Crippen molar-refractivity contribution in [1.82, 2.24) is 37.2 Å². The molecule has 3 saturated heterocycles. The number of unbranched alkanes of at least 4 members (excludes halogenated alkanes) is 9. The molecule has 14 unspecified atom stereocenters. The fraction of sp³-hybridized carbons (Fsp3) is 0.891. The summed E-state index contributed by atoms with van der Waals surface area (Å²) < 4.78 is 49.7. The molecule has 3 fully saturated rings. The van der Waals surface area contributed by atoms with Crippen LogP contribution in [0.2, 0.25) is 0 Å². The highest BCUT2D eigenvalue weighted by Gasteiger charge is 2.44. The van der Waals surface area contributed by atoms with E-state index in [2.05, 4.69) is 37.2 Å². The minimum absolute atomic E-state index is 0.0465. The number of nitrogens with one attached hydrogen (secondary N) is 7. The summed E-state index contributed by atoms with van der Waals surface area (Å²) in [7, 11) is 0. The zero-order chi connectivity index (χ0) is 71.9. The van der Waals surface area contributed by atoms with Crippen LogP contribution in [0, 0.1) is 0 Å². The monoisotopic (exact) mass is 1410 g/mol. The Balaban J connectivity index is 1.34. The Hall–Kier alpha value is -4.99. The lowest BCUT2D eigenvalue weighted by molar-refractivity contribution is -0.265. The molecule has 0 aromatic carbocycles. The van der Waals surface area contributed by atoms with Crippen molar-refractivity contribution in [2.24, 2.45) is 17.2 Å². The molecule has 570 valence electrons. The van der Waals surface area contributed by atoms with E-state index >= 15 is 0 Å². The first-order valence-electron chi connectivity index (χ1n) is 35.3. The normalized spacial score (nSPS) is 25.3. The van der Waals surface area contributed by atoms with E-state index in [0.717, 1.165) is 57.8 Å². The number of rotatable bonds is 53. The van der Waals surface area contributed by atoms with Crippen LogP contribution in [0.5, 0.6) is 0 Å². The van der Waals surface area contributed by atoms with Crippen molar-refractivity contribution < 1.29 is 117 Å². The van der Waals surface area contributed by atoms with Crippen molar-refractivity contribution in [3.05, 3.63) is 0 Å². The van der Waals surface area contributed by atoms with Gasteiger partial charge in [0.05, 0.1) is 89.8 Å². The third kappa shape index (κ3) is 36.6. The second-order valence-corrected chi connectivity index (χ2v) is 25.2. The van der Waals surface area contributed by atoms with Crippen LogP contribution in [0.25, 0.3) is 0 Å². The van der Waals surface area contributed by atoms with Gasteiger partial charge in [-0.1, -0.05) is 45.4 Å². The number of hydrogen-bond donors (Lipinski definition) is 18. The number of carbonyl (C=O) groups excluding carboxylic acids is 7. The molecule has 0 aromatic rings. The molecule has 3 aliphatic heterocycles. The van der Waals surface area contributed by atoms with Crippen molar-refractivity contribution in [1.29, 1.82) is 0 Å². The highest BCUT2D eigenvalue weighted by atomic mass is 16.7. The number of amides is 7. The average Bonchev–Trinajstić information content (AvgIpc) is 0.829. The molecule has 34 heteroatoms. The number of aliphatic hydroxyl groups excluding tert-OH is 8. The van der Waals surface area contributed by atoms with Crippen LogP contribution >= 0.6 is 0 Å². The molecule has 34 nitrogen and oxygen atoms in total. The lowest BCUT2D eigenvalue weighted by Gasteiger charge is -2.40. The first-order chi connectivity index (χ1) is 47.2. The number of hydrogen-bond acceptors (Lipinski definition) is 27. The summed E-state index contributed by atoms with van der Waals surface area (Å²) in [6, 6.07) is -2.78. The van der Waals surface area contributed by atoms with E-state index in [-0.39, 0.29) is 102 Å². The quantitative estimate of drug-likeness (QED) is 0.0244. The van der Waals surface area contributed by atoms with Crippen molar-refractivity contribution in [2.75, 3.05) is 98.7 Å². The minimum atomic E-state index is -1.34. The van der Waals surface area contributed by atoms with Gasteiger partial charge in [0.1, 0.15) is 36.6 Å². The molecule has 7 amide bonds. The van der Waals surface area contributed by atoms with E-state index in [0.29, 0.717) is 116 Å². The van der Waals surface area contributed by atoms with E-state index in [9.17, 15) is 74.4 Å². The molecule has 0 radical (unpaired) electrons. The maximum atomic E-state index is 13.1. The topological polar surface area (TPSA) is 527 Å². The number of carbonyl (C=O) groups is 7. The Morgan fingerprint density at radius 1 is 0.398 bits per heavy atom. The fourth-order valence-corrected chi connectivity index (χ4v) is 11.2. The van der Waals surface area contributed by atoms with Crippen LogP contribution in [-0.2, 0) is 61.8 Å². The molecular weight excluding hydrogens is 1290 g/mol. The van der Waals surface area contributed by atoms with Crippen molar-refractivity contribution in [3.8, 4) is 0 Å². The van der Waals surface area contributed by atoms with E-state index in [4.69, 9.17) is 59.8 Å². The minimum Gasteiger partial charge on any atom is -0.450 e. The maximum absolute atomic E-state index is 13.1. The first kappa shape index (κ1) is 87.2. The van der Waals surface area contributed by atoms with Crippen LogP contribution in [0.3, 0.4) is 0 Å². The van der Waals surface area contributed by atoms with Gasteiger partial charge < -0.3 is 138 Å².